The number of methoxy groups -OCH3 is 1. The van der Waals surface area contributed by atoms with E-state index in [-0.39, 0.29) is 0 Å². The molecule has 1 N–H and O–H groups in total. The molecule has 0 aromatic heterocycles. The van der Waals surface area contributed by atoms with Crippen LogP contribution in [0, 0.1) is 5.41 Å². The van der Waals surface area contributed by atoms with Crippen molar-refractivity contribution in [2.75, 3.05) is 40.3 Å². The van der Waals surface area contributed by atoms with Crippen LogP contribution in [0.4, 0.5) is 0 Å². The molecule has 3 nitrogen and oxygen atoms in total. The molecule has 2 aliphatic rings. The van der Waals surface area contributed by atoms with Gasteiger partial charge < -0.3 is 15.0 Å². The maximum Gasteiger partial charge on any atom is 0.0595 e. The van der Waals surface area contributed by atoms with Crippen LogP contribution in [0.1, 0.15) is 51.4 Å². The predicted molar refractivity (Wildman–Crippen MR) is 80.5 cm³/mol. The quantitative estimate of drug-likeness (QED) is 0.776. The summed E-state index contributed by atoms with van der Waals surface area (Å²) in [6.45, 7) is 4.94. The van der Waals surface area contributed by atoms with Crippen molar-refractivity contribution in [3.05, 3.63) is 0 Å². The van der Waals surface area contributed by atoms with Crippen LogP contribution in [-0.2, 0) is 4.74 Å². The fraction of sp³-hybridized carbons (Fsp3) is 1.00. The maximum atomic E-state index is 5.48. The van der Waals surface area contributed by atoms with Crippen LogP contribution < -0.4 is 5.32 Å². The Balaban J connectivity index is 1.89. The number of hydrogen-bond donors (Lipinski definition) is 1. The minimum Gasteiger partial charge on any atom is -0.381 e. The first kappa shape index (κ1) is 15.3. The lowest BCUT2D eigenvalue weighted by atomic mass is 9.79. The molecule has 3 heteroatoms. The molecule has 0 spiro atoms. The van der Waals surface area contributed by atoms with E-state index in [1.165, 1.54) is 77.5 Å². The molecule has 1 saturated heterocycles. The standard InChI is InChI=1S/C16H32N2O/c1-17-13-16(9-5-3-4-6-10-16)14-18-11-7-15(19-2)8-12-18/h15,17H,3-14H2,1-2H3. The molecule has 0 unspecified atom stereocenters. The van der Waals surface area contributed by atoms with Crippen LogP contribution in [0.5, 0.6) is 0 Å². The van der Waals surface area contributed by atoms with Crippen molar-refractivity contribution >= 4 is 0 Å². The molecule has 2 rings (SSSR count). The van der Waals surface area contributed by atoms with Gasteiger partial charge in [0.15, 0.2) is 0 Å². The van der Waals surface area contributed by atoms with Crippen molar-refractivity contribution in [1.82, 2.24) is 10.2 Å². The number of nitrogens with zero attached hydrogens (tertiary/aromatic N) is 1. The van der Waals surface area contributed by atoms with E-state index in [1.807, 2.05) is 7.11 Å². The second-order valence-electron chi connectivity index (χ2n) is 6.66. The Morgan fingerprint density at radius 1 is 1.11 bits per heavy atom. The van der Waals surface area contributed by atoms with Crippen LogP contribution in [0.25, 0.3) is 0 Å². The van der Waals surface area contributed by atoms with Crippen LogP contribution in [0.15, 0.2) is 0 Å². The van der Waals surface area contributed by atoms with Crippen LogP contribution >= 0.6 is 0 Å². The minimum absolute atomic E-state index is 0.505. The molecule has 0 aromatic rings. The Morgan fingerprint density at radius 3 is 2.26 bits per heavy atom. The Labute approximate surface area is 119 Å². The number of ether oxygens (including phenoxy) is 1. The highest BCUT2D eigenvalue weighted by Crippen LogP contribution is 2.36. The summed E-state index contributed by atoms with van der Waals surface area (Å²) in [4.78, 5) is 2.69. The van der Waals surface area contributed by atoms with Crippen LogP contribution in [0.3, 0.4) is 0 Å². The van der Waals surface area contributed by atoms with E-state index in [0.717, 1.165) is 0 Å². The average molecular weight is 268 g/mol. The minimum atomic E-state index is 0.505. The molecular formula is C16H32N2O. The summed E-state index contributed by atoms with van der Waals surface area (Å²) in [7, 11) is 3.97. The Hall–Kier alpha value is -0.120. The Bertz CT molecular complexity index is 241. The second-order valence-corrected chi connectivity index (χ2v) is 6.66. The highest BCUT2D eigenvalue weighted by molar-refractivity contribution is 4.88. The molecule has 19 heavy (non-hydrogen) atoms. The van der Waals surface area contributed by atoms with Gasteiger partial charge >= 0.3 is 0 Å². The molecule has 0 aromatic carbocycles. The molecule has 0 atom stereocenters. The third kappa shape index (κ3) is 4.44. The summed E-state index contributed by atoms with van der Waals surface area (Å²) in [6.07, 6.45) is 11.5. The van der Waals surface area contributed by atoms with Gasteiger partial charge in [-0.2, -0.15) is 0 Å². The van der Waals surface area contributed by atoms with Gasteiger partial charge in [0.25, 0.3) is 0 Å². The molecule has 0 amide bonds. The smallest absolute Gasteiger partial charge is 0.0595 e. The van der Waals surface area contributed by atoms with E-state index in [9.17, 15) is 0 Å². The lowest BCUT2D eigenvalue weighted by Crippen LogP contribution is -2.47. The maximum absolute atomic E-state index is 5.48. The van der Waals surface area contributed by atoms with E-state index in [4.69, 9.17) is 4.74 Å². The highest BCUT2D eigenvalue weighted by atomic mass is 16.5. The first-order chi connectivity index (χ1) is 9.28. The highest BCUT2D eigenvalue weighted by Gasteiger charge is 2.33. The number of likely N-dealkylation sites (tertiary alicyclic amines) is 1. The van der Waals surface area contributed by atoms with Gasteiger partial charge in [-0.05, 0) is 38.1 Å². The third-order valence-electron chi connectivity index (χ3n) is 5.14. The van der Waals surface area contributed by atoms with Gasteiger partial charge in [0.1, 0.15) is 0 Å². The fourth-order valence-electron chi connectivity index (χ4n) is 4.02. The largest absolute Gasteiger partial charge is 0.381 e. The third-order valence-corrected chi connectivity index (χ3v) is 5.14. The van der Waals surface area contributed by atoms with Crippen molar-refractivity contribution in [2.45, 2.75) is 57.5 Å². The van der Waals surface area contributed by atoms with Crippen LogP contribution in [-0.4, -0.2) is 51.3 Å². The van der Waals surface area contributed by atoms with Gasteiger partial charge in [-0.3, -0.25) is 0 Å². The first-order valence-electron chi connectivity index (χ1n) is 8.18. The number of rotatable bonds is 5. The lowest BCUT2D eigenvalue weighted by molar-refractivity contribution is 0.0233. The fourth-order valence-corrected chi connectivity index (χ4v) is 4.02. The van der Waals surface area contributed by atoms with Gasteiger partial charge in [0, 0.05) is 33.3 Å². The Morgan fingerprint density at radius 2 is 1.74 bits per heavy atom. The van der Waals surface area contributed by atoms with Gasteiger partial charge in [0.05, 0.1) is 6.10 Å². The molecular weight excluding hydrogens is 236 g/mol. The lowest BCUT2D eigenvalue weighted by Gasteiger charge is -2.40. The molecule has 2 fully saturated rings. The SMILES string of the molecule is CNCC1(CN2CCC(OC)CC2)CCCCCC1. The van der Waals surface area contributed by atoms with E-state index in [0.29, 0.717) is 11.5 Å². The van der Waals surface area contributed by atoms with Gasteiger partial charge in [-0.15, -0.1) is 0 Å². The van der Waals surface area contributed by atoms with E-state index < -0.39 is 0 Å². The second kappa shape index (κ2) is 7.61. The summed E-state index contributed by atoms with van der Waals surface area (Å²) >= 11 is 0. The molecule has 1 heterocycles. The topological polar surface area (TPSA) is 24.5 Å². The molecule has 1 aliphatic heterocycles. The molecule has 1 aliphatic carbocycles. The summed E-state index contributed by atoms with van der Waals surface area (Å²) in [5.41, 5.74) is 0.533. The first-order valence-corrected chi connectivity index (χ1v) is 8.18. The van der Waals surface area contributed by atoms with Crippen molar-refractivity contribution in [1.29, 1.82) is 0 Å². The van der Waals surface area contributed by atoms with Crippen LogP contribution in [0.2, 0.25) is 0 Å². The Kier molecular flexibility index (Phi) is 6.11. The number of piperidine rings is 1. The number of nitrogens with one attached hydrogen (secondary N) is 1. The zero-order valence-corrected chi connectivity index (χ0v) is 12.9. The molecule has 0 radical (unpaired) electrons. The summed E-state index contributed by atoms with van der Waals surface area (Å²) < 4.78 is 5.48. The normalized spacial score (nSPS) is 26.2. The zero-order chi connectivity index (χ0) is 13.6. The zero-order valence-electron chi connectivity index (χ0n) is 12.9. The summed E-state index contributed by atoms with van der Waals surface area (Å²) in [5.74, 6) is 0. The summed E-state index contributed by atoms with van der Waals surface area (Å²) in [6, 6.07) is 0. The van der Waals surface area contributed by atoms with E-state index in [2.05, 4.69) is 17.3 Å². The van der Waals surface area contributed by atoms with Gasteiger partial charge in [-0.1, -0.05) is 25.7 Å². The predicted octanol–water partition coefficient (Wildman–Crippen LogP) is 2.66. The summed E-state index contributed by atoms with van der Waals surface area (Å²) in [5, 5.41) is 3.46. The number of hydrogen-bond acceptors (Lipinski definition) is 3. The molecule has 0 bridgehead atoms. The molecule has 112 valence electrons. The van der Waals surface area contributed by atoms with Crippen molar-refractivity contribution in [2.24, 2.45) is 5.41 Å². The van der Waals surface area contributed by atoms with Crippen molar-refractivity contribution in [3.63, 3.8) is 0 Å². The van der Waals surface area contributed by atoms with Crippen molar-refractivity contribution in [3.8, 4) is 0 Å². The van der Waals surface area contributed by atoms with Gasteiger partial charge in [0.2, 0.25) is 0 Å². The van der Waals surface area contributed by atoms with E-state index >= 15 is 0 Å². The van der Waals surface area contributed by atoms with Gasteiger partial charge in [-0.25, -0.2) is 0 Å². The van der Waals surface area contributed by atoms with Crippen molar-refractivity contribution < 1.29 is 4.74 Å². The molecule has 1 saturated carbocycles. The van der Waals surface area contributed by atoms with E-state index in [1.54, 1.807) is 0 Å². The average Bonchev–Trinajstić information content (AvgIpc) is 2.66. The monoisotopic (exact) mass is 268 g/mol.